The molecule has 2 amide bonds. The summed E-state index contributed by atoms with van der Waals surface area (Å²) in [5.41, 5.74) is 0.472. The fourth-order valence-corrected chi connectivity index (χ4v) is 3.27. The van der Waals surface area contributed by atoms with E-state index in [0.717, 1.165) is 19.4 Å². The monoisotopic (exact) mass is 391 g/mol. The lowest BCUT2D eigenvalue weighted by Crippen LogP contribution is -2.49. The van der Waals surface area contributed by atoms with Crippen molar-refractivity contribution in [3.05, 3.63) is 35.6 Å². The average Bonchev–Trinajstić information content (AvgIpc) is 2.69. The van der Waals surface area contributed by atoms with E-state index in [0.29, 0.717) is 34.7 Å². The number of urea groups is 1. The molecule has 1 fully saturated rings. The van der Waals surface area contributed by atoms with Crippen molar-refractivity contribution in [3.8, 4) is 11.5 Å². The summed E-state index contributed by atoms with van der Waals surface area (Å²) in [4.78, 5) is 23.1. The highest BCUT2D eigenvalue weighted by Gasteiger charge is 2.23. The van der Waals surface area contributed by atoms with Gasteiger partial charge in [-0.1, -0.05) is 11.6 Å². The largest absolute Gasteiger partial charge is 0.495 e. The van der Waals surface area contributed by atoms with E-state index in [4.69, 9.17) is 21.1 Å². The SMILES string of the molecule is COc1cc(OC)c(NC(=O)NC2CCCN(c3ncccn3)C2)cc1Cl. The molecule has 144 valence electrons. The minimum Gasteiger partial charge on any atom is -0.495 e. The molecule has 1 saturated heterocycles. The Balaban J connectivity index is 1.63. The van der Waals surface area contributed by atoms with Crippen LogP contribution in [-0.4, -0.2) is 49.4 Å². The second-order valence-corrected chi connectivity index (χ2v) is 6.53. The first-order valence-electron chi connectivity index (χ1n) is 8.61. The van der Waals surface area contributed by atoms with Crippen LogP contribution in [0.1, 0.15) is 12.8 Å². The Morgan fingerprint density at radius 2 is 1.96 bits per heavy atom. The minimum absolute atomic E-state index is 0.0118. The van der Waals surface area contributed by atoms with Gasteiger partial charge in [0.15, 0.2) is 0 Å². The van der Waals surface area contributed by atoms with Gasteiger partial charge < -0.3 is 25.0 Å². The number of hydrogen-bond donors (Lipinski definition) is 2. The molecule has 3 rings (SSSR count). The van der Waals surface area contributed by atoms with E-state index in [2.05, 4.69) is 25.5 Å². The number of amides is 2. The molecule has 9 heteroatoms. The van der Waals surface area contributed by atoms with Gasteiger partial charge in [-0.15, -0.1) is 0 Å². The molecule has 0 spiro atoms. The van der Waals surface area contributed by atoms with Crippen molar-refractivity contribution in [2.45, 2.75) is 18.9 Å². The second-order valence-electron chi connectivity index (χ2n) is 6.12. The Labute approximate surface area is 162 Å². The zero-order valence-corrected chi connectivity index (χ0v) is 16.0. The molecule has 8 nitrogen and oxygen atoms in total. The highest BCUT2D eigenvalue weighted by molar-refractivity contribution is 6.32. The van der Waals surface area contributed by atoms with Crippen molar-refractivity contribution in [1.82, 2.24) is 15.3 Å². The first-order chi connectivity index (χ1) is 13.1. The lowest BCUT2D eigenvalue weighted by atomic mass is 10.1. The van der Waals surface area contributed by atoms with E-state index in [1.807, 2.05) is 0 Å². The highest BCUT2D eigenvalue weighted by atomic mass is 35.5. The topological polar surface area (TPSA) is 88.6 Å². The van der Waals surface area contributed by atoms with Crippen molar-refractivity contribution in [2.24, 2.45) is 0 Å². The molecule has 2 heterocycles. The van der Waals surface area contributed by atoms with Crippen LogP contribution in [0.25, 0.3) is 0 Å². The number of benzene rings is 1. The maximum atomic E-state index is 12.5. The molecule has 2 N–H and O–H groups in total. The summed E-state index contributed by atoms with van der Waals surface area (Å²) in [7, 11) is 3.04. The number of halogens is 1. The molecule has 1 aromatic carbocycles. The number of rotatable bonds is 5. The second kappa shape index (κ2) is 8.77. The fraction of sp³-hybridized carbons (Fsp3) is 0.389. The summed E-state index contributed by atoms with van der Waals surface area (Å²) >= 11 is 6.15. The number of piperidine rings is 1. The lowest BCUT2D eigenvalue weighted by Gasteiger charge is -2.33. The molecule has 0 aliphatic carbocycles. The molecule has 2 aromatic rings. The molecule has 1 aromatic heterocycles. The zero-order valence-electron chi connectivity index (χ0n) is 15.2. The smallest absolute Gasteiger partial charge is 0.319 e. The summed E-state index contributed by atoms with van der Waals surface area (Å²) < 4.78 is 10.5. The summed E-state index contributed by atoms with van der Waals surface area (Å²) in [5, 5.41) is 6.17. The normalized spacial score (nSPS) is 16.6. The van der Waals surface area contributed by atoms with Crippen molar-refractivity contribution in [2.75, 3.05) is 37.5 Å². The van der Waals surface area contributed by atoms with Crippen LogP contribution in [0.3, 0.4) is 0 Å². The minimum atomic E-state index is -0.324. The molecular formula is C18H22ClN5O3. The zero-order chi connectivity index (χ0) is 19.2. The van der Waals surface area contributed by atoms with Crippen molar-refractivity contribution in [3.63, 3.8) is 0 Å². The molecular weight excluding hydrogens is 370 g/mol. The number of methoxy groups -OCH3 is 2. The summed E-state index contributed by atoms with van der Waals surface area (Å²) in [5.74, 6) is 1.62. The Bertz CT molecular complexity index is 790. The van der Waals surface area contributed by atoms with E-state index < -0.39 is 0 Å². The number of ether oxygens (including phenoxy) is 2. The van der Waals surface area contributed by atoms with Crippen LogP contribution >= 0.6 is 11.6 Å². The van der Waals surface area contributed by atoms with Gasteiger partial charge in [-0.3, -0.25) is 0 Å². The van der Waals surface area contributed by atoms with Crippen LogP contribution in [0, 0.1) is 0 Å². The Kier molecular flexibility index (Phi) is 6.18. The van der Waals surface area contributed by atoms with Gasteiger partial charge in [0.05, 0.1) is 24.9 Å². The third-order valence-corrected chi connectivity index (χ3v) is 4.61. The number of hydrogen-bond acceptors (Lipinski definition) is 6. The van der Waals surface area contributed by atoms with Gasteiger partial charge in [0, 0.05) is 37.6 Å². The molecule has 0 bridgehead atoms. The summed E-state index contributed by atoms with van der Waals surface area (Å²) in [6.45, 7) is 1.52. The predicted molar refractivity (Wildman–Crippen MR) is 104 cm³/mol. The third kappa shape index (κ3) is 4.71. The van der Waals surface area contributed by atoms with E-state index >= 15 is 0 Å². The highest BCUT2D eigenvalue weighted by Crippen LogP contribution is 2.35. The molecule has 27 heavy (non-hydrogen) atoms. The standard InChI is InChI=1S/C18H22ClN5O3/c1-26-15-10-16(27-2)14(9-13(15)19)23-18(25)22-12-5-3-8-24(11-12)17-20-6-4-7-21-17/h4,6-7,9-10,12H,3,5,8,11H2,1-2H3,(H2,22,23,25). The maximum absolute atomic E-state index is 12.5. The van der Waals surface area contributed by atoms with E-state index in [1.165, 1.54) is 14.2 Å². The molecule has 1 aliphatic heterocycles. The first kappa shape index (κ1) is 19.0. The Morgan fingerprint density at radius 1 is 1.22 bits per heavy atom. The summed E-state index contributed by atoms with van der Waals surface area (Å²) in [6.07, 6.45) is 5.26. The number of nitrogens with zero attached hydrogens (tertiary/aromatic N) is 3. The van der Waals surface area contributed by atoms with Gasteiger partial charge in [0.25, 0.3) is 0 Å². The molecule has 0 saturated carbocycles. The predicted octanol–water partition coefficient (Wildman–Crippen LogP) is 2.94. The van der Waals surface area contributed by atoms with Crippen LogP contribution < -0.4 is 25.0 Å². The van der Waals surface area contributed by atoms with Crippen LogP contribution in [0.15, 0.2) is 30.6 Å². The van der Waals surface area contributed by atoms with Gasteiger partial charge >= 0.3 is 6.03 Å². The Hall–Kier alpha value is -2.74. The van der Waals surface area contributed by atoms with Crippen molar-refractivity contribution >= 4 is 29.3 Å². The lowest BCUT2D eigenvalue weighted by molar-refractivity contribution is 0.246. The maximum Gasteiger partial charge on any atom is 0.319 e. The van der Waals surface area contributed by atoms with E-state index in [-0.39, 0.29) is 12.1 Å². The van der Waals surface area contributed by atoms with Crippen LogP contribution in [0.5, 0.6) is 11.5 Å². The van der Waals surface area contributed by atoms with E-state index in [9.17, 15) is 4.79 Å². The number of aromatic nitrogens is 2. The Morgan fingerprint density at radius 3 is 2.67 bits per heavy atom. The van der Waals surface area contributed by atoms with Crippen LogP contribution in [-0.2, 0) is 0 Å². The van der Waals surface area contributed by atoms with Gasteiger partial charge in [0.2, 0.25) is 5.95 Å². The quantitative estimate of drug-likeness (QED) is 0.814. The third-order valence-electron chi connectivity index (χ3n) is 4.31. The van der Waals surface area contributed by atoms with Gasteiger partial charge in [-0.2, -0.15) is 0 Å². The van der Waals surface area contributed by atoms with Gasteiger partial charge in [0.1, 0.15) is 11.5 Å². The van der Waals surface area contributed by atoms with E-state index in [1.54, 1.807) is 30.6 Å². The first-order valence-corrected chi connectivity index (χ1v) is 8.99. The fourth-order valence-electron chi connectivity index (χ4n) is 3.03. The van der Waals surface area contributed by atoms with Gasteiger partial charge in [-0.05, 0) is 25.0 Å². The van der Waals surface area contributed by atoms with Crippen molar-refractivity contribution in [1.29, 1.82) is 0 Å². The number of carbonyl (C=O) groups excluding carboxylic acids is 1. The molecule has 1 aliphatic rings. The molecule has 1 unspecified atom stereocenters. The average molecular weight is 392 g/mol. The van der Waals surface area contributed by atoms with Gasteiger partial charge in [-0.25, -0.2) is 14.8 Å². The van der Waals surface area contributed by atoms with Crippen molar-refractivity contribution < 1.29 is 14.3 Å². The van der Waals surface area contributed by atoms with Crippen LogP contribution in [0.4, 0.5) is 16.4 Å². The summed E-state index contributed by atoms with van der Waals surface area (Å²) in [6, 6.07) is 4.68. The number of nitrogens with one attached hydrogen (secondary N) is 2. The molecule has 1 atom stereocenters. The van der Waals surface area contributed by atoms with Crippen LogP contribution in [0.2, 0.25) is 5.02 Å². The number of anilines is 2. The number of carbonyl (C=O) groups is 1. The molecule has 0 radical (unpaired) electrons.